The van der Waals surface area contributed by atoms with Crippen molar-refractivity contribution in [1.29, 1.82) is 0 Å². The van der Waals surface area contributed by atoms with Crippen LogP contribution in [0.5, 0.6) is 0 Å². The second-order valence-corrected chi connectivity index (χ2v) is 7.23. The van der Waals surface area contributed by atoms with Crippen LogP contribution in [0.2, 0.25) is 0 Å². The summed E-state index contributed by atoms with van der Waals surface area (Å²) in [7, 11) is 1.71. The number of aryl methyl sites for hydroxylation is 1. The highest BCUT2D eigenvalue weighted by molar-refractivity contribution is 5.91. The maximum atomic E-state index is 12.8. The van der Waals surface area contributed by atoms with E-state index in [9.17, 15) is 18.0 Å². The summed E-state index contributed by atoms with van der Waals surface area (Å²) >= 11 is 0. The largest absolute Gasteiger partial charge is 0.418 e. The van der Waals surface area contributed by atoms with Crippen LogP contribution in [-0.4, -0.2) is 32.4 Å². The van der Waals surface area contributed by atoms with Crippen molar-refractivity contribution in [3.8, 4) is 11.6 Å². The Kier molecular flexibility index (Phi) is 4.83. The molecule has 1 aromatic carbocycles. The predicted molar refractivity (Wildman–Crippen MR) is 105 cm³/mol. The van der Waals surface area contributed by atoms with Crippen LogP contribution in [0.4, 0.5) is 24.5 Å². The van der Waals surface area contributed by atoms with E-state index in [1.807, 2.05) is 0 Å². The van der Waals surface area contributed by atoms with Gasteiger partial charge >= 0.3 is 6.18 Å². The number of rotatable bonds is 5. The number of halogens is 3. The summed E-state index contributed by atoms with van der Waals surface area (Å²) in [6.07, 6.45) is -2.49. The third-order valence-electron chi connectivity index (χ3n) is 5.38. The molecule has 1 amide bonds. The van der Waals surface area contributed by atoms with Gasteiger partial charge in [0.2, 0.25) is 11.8 Å². The molecule has 0 spiro atoms. The van der Waals surface area contributed by atoms with Crippen molar-refractivity contribution in [1.82, 2.24) is 25.3 Å². The molecule has 1 atom stereocenters. The Labute approximate surface area is 175 Å². The molecule has 162 valence electrons. The van der Waals surface area contributed by atoms with Crippen molar-refractivity contribution >= 4 is 17.3 Å². The molecule has 0 saturated carbocycles. The van der Waals surface area contributed by atoms with Crippen LogP contribution in [0.3, 0.4) is 0 Å². The maximum Gasteiger partial charge on any atom is 0.416 e. The number of nitrogens with zero attached hydrogens (tertiary/aromatic N) is 4. The molecular formula is C20H19F3N6O2. The Morgan fingerprint density at radius 3 is 2.58 bits per heavy atom. The average molecular weight is 432 g/mol. The fourth-order valence-corrected chi connectivity index (χ4v) is 3.42. The number of alkyl halides is 3. The molecule has 3 aromatic rings. The van der Waals surface area contributed by atoms with E-state index in [4.69, 9.17) is 4.42 Å². The molecule has 4 rings (SSSR count). The molecule has 1 fully saturated rings. The van der Waals surface area contributed by atoms with Gasteiger partial charge < -0.3 is 15.1 Å². The normalized spacial score (nSPS) is 18.8. The number of aromatic nitrogens is 4. The summed E-state index contributed by atoms with van der Waals surface area (Å²) in [5.41, 5.74) is 0.106. The molecule has 3 heterocycles. The molecule has 0 bridgehead atoms. The second-order valence-electron chi connectivity index (χ2n) is 7.23. The summed E-state index contributed by atoms with van der Waals surface area (Å²) in [5.74, 6) is -0.0803. The van der Waals surface area contributed by atoms with Crippen molar-refractivity contribution in [2.24, 2.45) is 7.05 Å². The van der Waals surface area contributed by atoms with Gasteiger partial charge in [0.15, 0.2) is 5.69 Å². The maximum absolute atomic E-state index is 12.8. The fourth-order valence-electron chi connectivity index (χ4n) is 3.42. The van der Waals surface area contributed by atoms with E-state index < -0.39 is 17.2 Å². The first kappa shape index (κ1) is 20.6. The van der Waals surface area contributed by atoms with Gasteiger partial charge in [-0.1, -0.05) is 6.08 Å². The first-order chi connectivity index (χ1) is 14.7. The van der Waals surface area contributed by atoms with Crippen LogP contribution in [-0.2, 0) is 23.4 Å². The van der Waals surface area contributed by atoms with E-state index >= 15 is 0 Å². The van der Waals surface area contributed by atoms with Crippen LogP contribution < -0.4 is 10.6 Å². The van der Waals surface area contributed by atoms with Gasteiger partial charge in [0.1, 0.15) is 5.41 Å². The fraction of sp³-hybridized carbons (Fsp3) is 0.300. The third kappa shape index (κ3) is 3.45. The first-order valence-corrected chi connectivity index (χ1v) is 9.40. The molecule has 0 unspecified atom stereocenters. The third-order valence-corrected chi connectivity index (χ3v) is 5.38. The topological polar surface area (TPSA) is 97.9 Å². The minimum absolute atomic E-state index is 0.0778. The van der Waals surface area contributed by atoms with Crippen LogP contribution >= 0.6 is 0 Å². The molecule has 2 N–H and O–H groups in total. The number of benzene rings is 1. The molecule has 11 heteroatoms. The lowest BCUT2D eigenvalue weighted by Gasteiger charge is -2.15. The van der Waals surface area contributed by atoms with Crippen LogP contribution in [0, 0.1) is 6.92 Å². The molecule has 8 nitrogen and oxygen atoms in total. The van der Waals surface area contributed by atoms with Crippen LogP contribution in [0.15, 0.2) is 41.3 Å². The zero-order valence-electron chi connectivity index (χ0n) is 16.7. The lowest BCUT2D eigenvalue weighted by molar-refractivity contribution is -0.137. The number of carbonyl (C=O) groups excluding carboxylic acids is 1. The van der Waals surface area contributed by atoms with Gasteiger partial charge in [-0.2, -0.15) is 18.3 Å². The van der Waals surface area contributed by atoms with Gasteiger partial charge in [0.25, 0.3) is 5.89 Å². The van der Waals surface area contributed by atoms with E-state index in [1.54, 1.807) is 18.7 Å². The van der Waals surface area contributed by atoms with E-state index in [-0.39, 0.29) is 17.7 Å². The predicted octanol–water partition coefficient (Wildman–Crippen LogP) is 3.48. The molecule has 1 saturated heterocycles. The Balaban J connectivity index is 1.69. The molecule has 1 aliphatic rings. The SMILES string of the molecule is C=C[C@]1(c2nnc(-c3nn(C)c(C)c3Nc3ccc(C(F)(F)F)cc3)o2)CCNC1=O. The average Bonchev–Trinajstić information content (AvgIpc) is 3.42. The van der Waals surface area contributed by atoms with Crippen molar-refractivity contribution in [3.63, 3.8) is 0 Å². The number of carbonyl (C=O) groups is 1. The Hall–Kier alpha value is -3.63. The number of hydrogen-bond acceptors (Lipinski definition) is 6. The highest BCUT2D eigenvalue weighted by Gasteiger charge is 2.46. The summed E-state index contributed by atoms with van der Waals surface area (Å²) < 4.78 is 45.9. The highest BCUT2D eigenvalue weighted by atomic mass is 19.4. The standard InChI is InChI=1S/C20H19F3N6O2/c1-4-19(9-10-24-17(19)30)18-27-26-16(31-18)15-14(11(2)29(3)28-15)25-13-7-5-12(6-8-13)20(21,22)23/h4-8,25H,1,9-10H2,2-3H3,(H,24,30)/t19-/m0/s1. The highest BCUT2D eigenvalue weighted by Crippen LogP contribution is 2.37. The van der Waals surface area contributed by atoms with Crippen LogP contribution in [0.25, 0.3) is 11.6 Å². The van der Waals surface area contributed by atoms with Crippen molar-refractivity contribution in [2.45, 2.75) is 24.9 Å². The lowest BCUT2D eigenvalue weighted by atomic mass is 9.86. The van der Waals surface area contributed by atoms with Crippen molar-refractivity contribution in [2.75, 3.05) is 11.9 Å². The van der Waals surface area contributed by atoms with E-state index in [2.05, 4.69) is 32.5 Å². The zero-order chi connectivity index (χ0) is 22.4. The Morgan fingerprint density at radius 2 is 2.00 bits per heavy atom. The van der Waals surface area contributed by atoms with Gasteiger partial charge in [-0.3, -0.25) is 9.48 Å². The first-order valence-electron chi connectivity index (χ1n) is 9.40. The summed E-state index contributed by atoms with van der Waals surface area (Å²) in [5, 5.41) is 18.3. The van der Waals surface area contributed by atoms with Gasteiger partial charge in [0.05, 0.1) is 16.9 Å². The van der Waals surface area contributed by atoms with E-state index in [0.29, 0.717) is 35.7 Å². The molecule has 0 aliphatic carbocycles. The lowest BCUT2D eigenvalue weighted by Crippen LogP contribution is -2.33. The molecule has 0 radical (unpaired) electrons. The van der Waals surface area contributed by atoms with Gasteiger partial charge in [-0.25, -0.2) is 0 Å². The van der Waals surface area contributed by atoms with Gasteiger partial charge in [0, 0.05) is 19.3 Å². The summed E-state index contributed by atoms with van der Waals surface area (Å²) in [6.45, 7) is 5.99. The number of hydrogen-bond donors (Lipinski definition) is 2. The van der Waals surface area contributed by atoms with Gasteiger partial charge in [-0.05, 0) is 37.6 Å². The molecule has 2 aromatic heterocycles. The second kappa shape index (κ2) is 7.25. The summed E-state index contributed by atoms with van der Waals surface area (Å²) in [6, 6.07) is 4.64. The van der Waals surface area contributed by atoms with Crippen molar-refractivity contribution < 1.29 is 22.4 Å². The minimum atomic E-state index is -4.41. The summed E-state index contributed by atoms with van der Waals surface area (Å²) in [4.78, 5) is 12.3. The van der Waals surface area contributed by atoms with Gasteiger partial charge in [-0.15, -0.1) is 16.8 Å². The van der Waals surface area contributed by atoms with E-state index in [1.165, 1.54) is 18.2 Å². The molecular weight excluding hydrogens is 413 g/mol. The minimum Gasteiger partial charge on any atom is -0.418 e. The Morgan fingerprint density at radius 1 is 1.29 bits per heavy atom. The van der Waals surface area contributed by atoms with Crippen LogP contribution in [0.1, 0.15) is 23.6 Å². The number of anilines is 2. The zero-order valence-corrected chi connectivity index (χ0v) is 16.7. The van der Waals surface area contributed by atoms with E-state index in [0.717, 1.165) is 12.1 Å². The quantitative estimate of drug-likeness (QED) is 0.599. The monoisotopic (exact) mass is 432 g/mol. The Bertz CT molecular complexity index is 1150. The molecule has 31 heavy (non-hydrogen) atoms. The molecule has 1 aliphatic heterocycles. The van der Waals surface area contributed by atoms with Crippen molar-refractivity contribution in [3.05, 3.63) is 54.1 Å². The number of amides is 1. The number of nitrogens with one attached hydrogen (secondary N) is 2. The smallest absolute Gasteiger partial charge is 0.416 e.